The van der Waals surface area contributed by atoms with Gasteiger partial charge in [-0.05, 0) is 6.92 Å². The van der Waals surface area contributed by atoms with Gasteiger partial charge in [0.05, 0.1) is 6.54 Å². The van der Waals surface area contributed by atoms with Gasteiger partial charge in [0.2, 0.25) is 0 Å². The predicted molar refractivity (Wildman–Crippen MR) is 36.1 cm³/mol. The molecule has 0 unspecified atom stereocenters. The fourth-order valence-electron chi connectivity index (χ4n) is 0.204. The number of hydrogen-bond donors (Lipinski definition) is 3. The normalized spacial score (nSPS) is 6.12. The van der Waals surface area contributed by atoms with E-state index >= 15 is 0 Å². The van der Waals surface area contributed by atoms with Crippen LogP contribution in [0.4, 0.5) is 0 Å². The van der Waals surface area contributed by atoms with Crippen molar-refractivity contribution in [2.24, 2.45) is 11.5 Å². The lowest BCUT2D eigenvalue weighted by Gasteiger charge is -1.76. The van der Waals surface area contributed by atoms with Crippen LogP contribution in [0.2, 0.25) is 0 Å². The highest BCUT2D eigenvalue weighted by molar-refractivity contribution is 5.69. The summed E-state index contributed by atoms with van der Waals surface area (Å²) in [4.78, 5) is 2.68. The van der Waals surface area contributed by atoms with Gasteiger partial charge in [-0.15, -0.1) is 13.2 Å². The first kappa shape index (κ1) is 10.1. The van der Waals surface area contributed by atoms with E-state index in [9.17, 15) is 0 Å². The zero-order chi connectivity index (χ0) is 6.99. The van der Waals surface area contributed by atoms with Crippen molar-refractivity contribution < 1.29 is 4.99 Å². The molecular formula is C5H14N3+. The maximum Gasteiger partial charge on any atom is 0.338 e. The summed E-state index contributed by atoms with van der Waals surface area (Å²) in [5.74, 6) is 0.289. The summed E-state index contributed by atoms with van der Waals surface area (Å²) in [6, 6.07) is 0. The topological polar surface area (TPSA) is 66.0 Å². The second-order valence-corrected chi connectivity index (χ2v) is 0.986. The minimum Gasteiger partial charge on any atom is -0.291 e. The van der Waals surface area contributed by atoms with Crippen LogP contribution in [-0.4, -0.2) is 12.5 Å². The highest BCUT2D eigenvalue weighted by Crippen LogP contribution is 1.19. The van der Waals surface area contributed by atoms with E-state index in [1.807, 2.05) is 6.92 Å². The molecule has 3 nitrogen and oxygen atoms in total. The molecule has 0 bridgehead atoms. The Kier molecular flexibility index (Phi) is 11.8. The zero-order valence-corrected chi connectivity index (χ0v) is 5.28. The van der Waals surface area contributed by atoms with Gasteiger partial charge in [-0.2, -0.15) is 0 Å². The highest BCUT2D eigenvalue weighted by atomic mass is 15.0. The molecule has 0 aliphatic heterocycles. The third kappa shape index (κ3) is 19.9. The van der Waals surface area contributed by atoms with E-state index in [2.05, 4.69) is 18.2 Å². The first-order chi connectivity index (χ1) is 3.77. The first-order valence-corrected chi connectivity index (χ1v) is 2.39. The van der Waals surface area contributed by atoms with Crippen molar-refractivity contribution in [3.05, 3.63) is 13.2 Å². The van der Waals surface area contributed by atoms with Crippen molar-refractivity contribution in [3.8, 4) is 0 Å². The molecule has 0 atom stereocenters. The molecule has 0 amide bonds. The standard InChI is InChI=1S/C3H9N3.C2H4/c1-2-6-3(4)5;1-2/h2H2,1H3,(H4,4,5,6);1-2H2/p+1. The van der Waals surface area contributed by atoms with Crippen molar-refractivity contribution in [2.75, 3.05) is 6.54 Å². The average molecular weight is 116 g/mol. The van der Waals surface area contributed by atoms with Crippen LogP contribution < -0.4 is 16.5 Å². The summed E-state index contributed by atoms with van der Waals surface area (Å²) in [6.07, 6.45) is 0. The summed E-state index contributed by atoms with van der Waals surface area (Å²) in [5.41, 5.74) is 9.97. The summed E-state index contributed by atoms with van der Waals surface area (Å²) in [7, 11) is 0. The summed E-state index contributed by atoms with van der Waals surface area (Å²) in [5, 5.41) is 0. The molecule has 0 rings (SSSR count). The fraction of sp³-hybridized carbons (Fsp3) is 0.400. The molecule has 0 spiro atoms. The number of rotatable bonds is 1. The second-order valence-electron chi connectivity index (χ2n) is 0.986. The number of nitrogens with one attached hydrogen (secondary N) is 1. The van der Waals surface area contributed by atoms with Crippen LogP contribution in [-0.2, 0) is 0 Å². The Labute approximate surface area is 50.1 Å². The minimum atomic E-state index is 0.289. The minimum absolute atomic E-state index is 0.289. The molecule has 0 aromatic heterocycles. The van der Waals surface area contributed by atoms with Gasteiger partial charge in [0.25, 0.3) is 0 Å². The molecule has 5 N–H and O–H groups in total. The van der Waals surface area contributed by atoms with E-state index in [1.54, 1.807) is 0 Å². The van der Waals surface area contributed by atoms with Crippen LogP contribution >= 0.6 is 0 Å². The quantitative estimate of drug-likeness (QED) is 0.214. The number of hydrogen-bond acceptors (Lipinski definition) is 0. The van der Waals surface area contributed by atoms with Crippen molar-refractivity contribution in [1.29, 1.82) is 0 Å². The Bertz CT molecular complexity index is 64.1. The maximum atomic E-state index is 4.99. The Hall–Kier alpha value is -0.990. The molecule has 0 heterocycles. The molecule has 0 aromatic rings. The molecule has 0 saturated heterocycles. The summed E-state index contributed by atoms with van der Waals surface area (Å²) in [6.45, 7) is 8.72. The average Bonchev–Trinajstić information content (AvgIpc) is 1.72. The van der Waals surface area contributed by atoms with Crippen LogP contribution in [0.1, 0.15) is 6.92 Å². The molecule has 0 radical (unpaired) electrons. The Morgan fingerprint density at radius 1 is 1.50 bits per heavy atom. The van der Waals surface area contributed by atoms with Crippen molar-refractivity contribution in [3.63, 3.8) is 0 Å². The second kappa shape index (κ2) is 9.38. The highest BCUT2D eigenvalue weighted by Gasteiger charge is 1.75. The van der Waals surface area contributed by atoms with Gasteiger partial charge < -0.3 is 0 Å². The smallest absolute Gasteiger partial charge is 0.291 e. The van der Waals surface area contributed by atoms with Gasteiger partial charge in [-0.25, -0.2) is 0 Å². The SMILES string of the molecule is C=C.CC[NH+]=C(N)N. The van der Waals surface area contributed by atoms with Crippen LogP contribution in [0, 0.1) is 0 Å². The molecule has 0 aliphatic carbocycles. The van der Waals surface area contributed by atoms with Crippen LogP contribution in [0.25, 0.3) is 0 Å². The molecule has 0 fully saturated rings. The predicted octanol–water partition coefficient (Wildman–Crippen LogP) is -1.84. The molecule has 0 saturated carbocycles. The molecule has 3 heteroatoms. The van der Waals surface area contributed by atoms with Crippen molar-refractivity contribution >= 4 is 5.96 Å². The molecule has 0 aromatic carbocycles. The van der Waals surface area contributed by atoms with Gasteiger partial charge in [0, 0.05) is 0 Å². The lowest BCUT2D eigenvalue weighted by atomic mass is 10.8. The van der Waals surface area contributed by atoms with Crippen LogP contribution in [0.15, 0.2) is 13.2 Å². The van der Waals surface area contributed by atoms with Gasteiger partial charge >= 0.3 is 5.96 Å². The molecule has 0 aliphatic rings. The number of guanidine groups is 1. The lowest BCUT2D eigenvalue weighted by Crippen LogP contribution is -2.77. The van der Waals surface area contributed by atoms with E-state index in [0.29, 0.717) is 0 Å². The maximum absolute atomic E-state index is 4.99. The fourth-order valence-corrected chi connectivity index (χ4v) is 0.204. The van der Waals surface area contributed by atoms with Gasteiger partial charge in [-0.1, -0.05) is 0 Å². The Morgan fingerprint density at radius 3 is 1.88 bits per heavy atom. The third-order valence-electron chi connectivity index (χ3n) is 0.381. The summed E-state index contributed by atoms with van der Waals surface area (Å²) >= 11 is 0. The monoisotopic (exact) mass is 116 g/mol. The van der Waals surface area contributed by atoms with Crippen LogP contribution in [0.3, 0.4) is 0 Å². The van der Waals surface area contributed by atoms with E-state index in [0.717, 1.165) is 6.54 Å². The first-order valence-electron chi connectivity index (χ1n) is 2.39. The Morgan fingerprint density at radius 2 is 1.88 bits per heavy atom. The van der Waals surface area contributed by atoms with Crippen molar-refractivity contribution in [1.82, 2.24) is 0 Å². The van der Waals surface area contributed by atoms with Gasteiger partial charge in [0.1, 0.15) is 0 Å². The molecule has 8 heavy (non-hydrogen) atoms. The zero-order valence-electron chi connectivity index (χ0n) is 5.28. The molecular weight excluding hydrogens is 102 g/mol. The van der Waals surface area contributed by atoms with Gasteiger partial charge in [0.15, 0.2) is 0 Å². The number of nitrogens with two attached hydrogens (primary N) is 2. The van der Waals surface area contributed by atoms with Crippen molar-refractivity contribution in [2.45, 2.75) is 6.92 Å². The van der Waals surface area contributed by atoms with E-state index in [1.165, 1.54) is 0 Å². The molecule has 48 valence electrons. The Balaban J connectivity index is 0. The van der Waals surface area contributed by atoms with Gasteiger partial charge in [-0.3, -0.25) is 16.5 Å². The largest absolute Gasteiger partial charge is 0.338 e. The van der Waals surface area contributed by atoms with E-state index < -0.39 is 0 Å². The van der Waals surface area contributed by atoms with E-state index in [4.69, 9.17) is 11.5 Å². The summed E-state index contributed by atoms with van der Waals surface area (Å²) < 4.78 is 0. The third-order valence-corrected chi connectivity index (χ3v) is 0.381. The van der Waals surface area contributed by atoms with E-state index in [-0.39, 0.29) is 5.96 Å². The lowest BCUT2D eigenvalue weighted by molar-refractivity contribution is -0.454. The van der Waals surface area contributed by atoms with Crippen LogP contribution in [0.5, 0.6) is 0 Å².